The van der Waals surface area contributed by atoms with Gasteiger partial charge in [0.2, 0.25) is 11.8 Å². The first-order chi connectivity index (χ1) is 13.5. The molecule has 1 aromatic carbocycles. The third-order valence-corrected chi connectivity index (χ3v) is 5.97. The molecular formula is C22H30N4O2S. The Hall–Kier alpha value is -2.25. The van der Waals surface area contributed by atoms with E-state index in [9.17, 15) is 9.59 Å². The number of rotatable bonds is 5. The van der Waals surface area contributed by atoms with Crippen molar-refractivity contribution in [2.45, 2.75) is 46.2 Å². The molecule has 1 atom stereocenters. The van der Waals surface area contributed by atoms with Crippen LogP contribution in [0.5, 0.6) is 0 Å². The second kappa shape index (κ2) is 8.24. The summed E-state index contributed by atoms with van der Waals surface area (Å²) in [6.45, 7) is 9.24. The molecule has 1 aliphatic rings. The quantitative estimate of drug-likeness (QED) is 0.809. The van der Waals surface area contributed by atoms with E-state index in [4.69, 9.17) is 4.98 Å². The Morgan fingerprint density at radius 3 is 2.48 bits per heavy atom. The van der Waals surface area contributed by atoms with Crippen molar-refractivity contribution >= 4 is 28.3 Å². The van der Waals surface area contributed by atoms with Crippen LogP contribution >= 0.6 is 11.3 Å². The highest BCUT2D eigenvalue weighted by Gasteiger charge is 2.39. The Balaban J connectivity index is 1.80. The first-order valence-electron chi connectivity index (χ1n) is 9.87. The zero-order chi connectivity index (χ0) is 21.3. The van der Waals surface area contributed by atoms with Crippen molar-refractivity contribution in [3.8, 4) is 11.3 Å². The number of carbonyl (C=O) groups excluding carboxylic acids is 2. The van der Waals surface area contributed by atoms with Crippen LogP contribution in [0.2, 0.25) is 0 Å². The zero-order valence-corrected chi connectivity index (χ0v) is 18.9. The molecule has 0 radical (unpaired) electrons. The number of amides is 2. The first kappa shape index (κ1) is 21.5. The van der Waals surface area contributed by atoms with E-state index in [-0.39, 0.29) is 29.7 Å². The van der Waals surface area contributed by atoms with E-state index in [1.165, 1.54) is 16.9 Å². The Labute approximate surface area is 176 Å². The van der Waals surface area contributed by atoms with Gasteiger partial charge >= 0.3 is 0 Å². The fraction of sp³-hybridized carbons (Fsp3) is 0.500. The minimum atomic E-state index is -0.342. The minimum Gasteiger partial charge on any atom is -0.337 e. The molecule has 3 rings (SSSR count). The number of benzene rings is 1. The van der Waals surface area contributed by atoms with Crippen molar-refractivity contribution in [3.63, 3.8) is 0 Å². The van der Waals surface area contributed by atoms with Crippen LogP contribution in [0.1, 0.15) is 37.6 Å². The lowest BCUT2D eigenvalue weighted by atomic mass is 10.1. The molecule has 0 unspecified atom stereocenters. The zero-order valence-electron chi connectivity index (χ0n) is 18.1. The molecule has 2 amide bonds. The van der Waals surface area contributed by atoms with Gasteiger partial charge < -0.3 is 15.1 Å². The van der Waals surface area contributed by atoms with Crippen LogP contribution in [0.25, 0.3) is 11.3 Å². The lowest BCUT2D eigenvalue weighted by molar-refractivity contribution is -0.131. The topological polar surface area (TPSA) is 65.5 Å². The molecule has 0 bridgehead atoms. The number of thiazole rings is 1. The monoisotopic (exact) mass is 414 g/mol. The summed E-state index contributed by atoms with van der Waals surface area (Å²) in [5, 5.41) is 3.55. The summed E-state index contributed by atoms with van der Waals surface area (Å²) in [5.74, 6) is -0.443. The van der Waals surface area contributed by atoms with E-state index in [0.717, 1.165) is 22.7 Å². The van der Waals surface area contributed by atoms with Crippen molar-refractivity contribution in [1.82, 2.24) is 14.8 Å². The number of nitrogens with zero attached hydrogens (tertiary/aromatic N) is 3. The molecule has 156 valence electrons. The summed E-state index contributed by atoms with van der Waals surface area (Å²) in [4.78, 5) is 34.8. The summed E-state index contributed by atoms with van der Waals surface area (Å²) in [7, 11) is 4.03. The standard InChI is InChI=1S/C22H30N4O2S/c1-14-7-9-15(10-8-14)19-17(13-25(5)6)29-21(23-19)24-20(28)16-11-18(27)26(12-16)22(2,3)4/h7-10,16H,11-13H2,1-6H3,(H,23,24,28)/t16-/m1/s1. The average Bonchev–Trinajstić information content (AvgIpc) is 3.18. The van der Waals surface area contributed by atoms with E-state index in [0.29, 0.717) is 11.7 Å². The van der Waals surface area contributed by atoms with Crippen molar-refractivity contribution in [2.75, 3.05) is 26.0 Å². The third kappa shape index (κ3) is 5.03. The van der Waals surface area contributed by atoms with Crippen molar-refractivity contribution in [3.05, 3.63) is 34.7 Å². The number of hydrogen-bond acceptors (Lipinski definition) is 5. The van der Waals surface area contributed by atoms with E-state index in [2.05, 4.69) is 41.4 Å². The van der Waals surface area contributed by atoms with Crippen molar-refractivity contribution in [1.29, 1.82) is 0 Å². The van der Waals surface area contributed by atoms with Crippen LogP contribution in [-0.4, -0.2) is 52.8 Å². The van der Waals surface area contributed by atoms with Gasteiger partial charge in [-0.1, -0.05) is 41.2 Å². The lowest BCUT2D eigenvalue weighted by Crippen LogP contribution is -2.42. The van der Waals surface area contributed by atoms with E-state index in [1.54, 1.807) is 4.90 Å². The van der Waals surface area contributed by atoms with Crippen molar-refractivity contribution < 1.29 is 9.59 Å². The second-order valence-electron chi connectivity index (χ2n) is 8.96. The van der Waals surface area contributed by atoms with Gasteiger partial charge in [-0.2, -0.15) is 0 Å². The number of aryl methyl sites for hydroxylation is 1. The SMILES string of the molecule is Cc1ccc(-c2nc(NC(=O)[C@@H]3CC(=O)N(C(C)(C)C)C3)sc2CN(C)C)cc1. The smallest absolute Gasteiger partial charge is 0.231 e. The Morgan fingerprint density at radius 2 is 1.93 bits per heavy atom. The van der Waals surface area contributed by atoms with Gasteiger partial charge in [-0.05, 0) is 41.8 Å². The molecule has 2 aromatic rings. The molecule has 1 aliphatic heterocycles. The summed E-state index contributed by atoms with van der Waals surface area (Å²) in [6.07, 6.45) is 0.254. The molecule has 0 spiro atoms. The maximum absolute atomic E-state index is 12.8. The Morgan fingerprint density at radius 1 is 1.28 bits per heavy atom. The number of hydrogen-bond donors (Lipinski definition) is 1. The summed E-state index contributed by atoms with van der Waals surface area (Å²) < 4.78 is 0. The highest BCUT2D eigenvalue weighted by atomic mass is 32.1. The number of aromatic nitrogens is 1. The van der Waals surface area contributed by atoms with Gasteiger partial charge in [0.25, 0.3) is 0 Å². The molecule has 7 heteroatoms. The van der Waals surface area contributed by atoms with Crippen molar-refractivity contribution in [2.24, 2.45) is 5.92 Å². The maximum Gasteiger partial charge on any atom is 0.231 e. The van der Waals surface area contributed by atoms with Crippen LogP contribution in [0.4, 0.5) is 5.13 Å². The van der Waals surface area contributed by atoms with Gasteiger partial charge in [-0.3, -0.25) is 9.59 Å². The maximum atomic E-state index is 12.8. The predicted molar refractivity (Wildman–Crippen MR) is 118 cm³/mol. The van der Waals surface area contributed by atoms with Crippen LogP contribution in [0.3, 0.4) is 0 Å². The molecule has 29 heavy (non-hydrogen) atoms. The molecule has 0 aliphatic carbocycles. The van der Waals surface area contributed by atoms with E-state index >= 15 is 0 Å². The molecule has 1 fully saturated rings. The van der Waals surface area contributed by atoms with Crippen LogP contribution in [0.15, 0.2) is 24.3 Å². The second-order valence-corrected chi connectivity index (χ2v) is 10.0. The third-order valence-electron chi connectivity index (χ3n) is 5.02. The first-order valence-corrected chi connectivity index (χ1v) is 10.7. The molecule has 6 nitrogen and oxygen atoms in total. The average molecular weight is 415 g/mol. The van der Waals surface area contributed by atoms with Crippen LogP contribution in [0, 0.1) is 12.8 Å². The van der Waals surface area contributed by atoms with Crippen LogP contribution in [-0.2, 0) is 16.1 Å². The largest absolute Gasteiger partial charge is 0.337 e. The van der Waals surface area contributed by atoms with Gasteiger partial charge in [-0.15, -0.1) is 0 Å². The summed E-state index contributed by atoms with van der Waals surface area (Å²) >= 11 is 1.50. The van der Waals surface area contributed by atoms with Crippen LogP contribution < -0.4 is 5.32 Å². The van der Waals surface area contributed by atoms with Gasteiger partial charge in [0.15, 0.2) is 5.13 Å². The number of anilines is 1. The Kier molecular flexibility index (Phi) is 6.10. The highest BCUT2D eigenvalue weighted by Crippen LogP contribution is 2.33. The normalized spacial score (nSPS) is 17.3. The lowest BCUT2D eigenvalue weighted by Gasteiger charge is -2.31. The van der Waals surface area contributed by atoms with Gasteiger partial charge in [0.05, 0.1) is 11.6 Å². The fourth-order valence-corrected chi connectivity index (χ4v) is 4.58. The fourth-order valence-electron chi connectivity index (χ4n) is 3.48. The molecule has 1 saturated heterocycles. The summed E-state index contributed by atoms with van der Waals surface area (Å²) in [5.41, 5.74) is 2.86. The molecule has 1 N–H and O–H groups in total. The number of nitrogens with one attached hydrogen (secondary N) is 1. The molecule has 1 aromatic heterocycles. The number of carbonyl (C=O) groups is 2. The molecule has 0 saturated carbocycles. The van der Waals surface area contributed by atoms with Gasteiger partial charge in [0.1, 0.15) is 0 Å². The van der Waals surface area contributed by atoms with Gasteiger partial charge in [-0.25, -0.2) is 4.98 Å². The molecular weight excluding hydrogens is 384 g/mol. The van der Waals surface area contributed by atoms with E-state index in [1.807, 2.05) is 34.9 Å². The van der Waals surface area contributed by atoms with Gasteiger partial charge in [0, 0.05) is 35.5 Å². The minimum absolute atomic E-state index is 0.0328. The Bertz CT molecular complexity index is 897. The molecule has 2 heterocycles. The van der Waals surface area contributed by atoms with E-state index < -0.39 is 0 Å². The highest BCUT2D eigenvalue weighted by molar-refractivity contribution is 7.16. The number of likely N-dealkylation sites (tertiary alicyclic amines) is 1. The summed E-state index contributed by atoms with van der Waals surface area (Å²) in [6, 6.07) is 8.26. The predicted octanol–water partition coefficient (Wildman–Crippen LogP) is 3.77.